The maximum atomic E-state index is 11.8. The Hall–Kier alpha value is -1.39. The predicted octanol–water partition coefficient (Wildman–Crippen LogP) is 1.10. The first-order chi connectivity index (χ1) is 8.10. The van der Waals surface area contributed by atoms with Gasteiger partial charge in [-0.05, 0) is 12.8 Å². The fourth-order valence-electron chi connectivity index (χ4n) is 2.24. The minimum Gasteiger partial charge on any atom is -0.469 e. The molecule has 96 valence electrons. The van der Waals surface area contributed by atoms with Gasteiger partial charge >= 0.3 is 11.9 Å². The molecule has 0 bridgehead atoms. The molecule has 0 heterocycles. The summed E-state index contributed by atoms with van der Waals surface area (Å²) in [6, 6.07) is 0. The van der Waals surface area contributed by atoms with Crippen molar-refractivity contribution in [3.8, 4) is 0 Å². The van der Waals surface area contributed by atoms with E-state index in [-0.39, 0.29) is 12.2 Å². The predicted molar refractivity (Wildman–Crippen MR) is 59.1 cm³/mol. The van der Waals surface area contributed by atoms with E-state index in [1.807, 2.05) is 0 Å². The molecule has 0 aromatic rings. The van der Waals surface area contributed by atoms with Crippen LogP contribution in [0.3, 0.4) is 0 Å². The molecule has 0 aliphatic heterocycles. The van der Waals surface area contributed by atoms with Gasteiger partial charge in [0.2, 0.25) is 0 Å². The molecule has 1 aliphatic rings. The van der Waals surface area contributed by atoms with Crippen LogP contribution in [0, 0.1) is 11.8 Å². The normalized spacial score (nSPS) is 21.8. The van der Waals surface area contributed by atoms with Crippen LogP contribution in [0.1, 0.15) is 32.1 Å². The Balaban J connectivity index is 2.77. The van der Waals surface area contributed by atoms with Gasteiger partial charge in [-0.2, -0.15) is 0 Å². The highest BCUT2D eigenvalue weighted by Crippen LogP contribution is 2.30. The van der Waals surface area contributed by atoms with Crippen molar-refractivity contribution in [3.63, 3.8) is 0 Å². The third kappa shape index (κ3) is 3.54. The summed E-state index contributed by atoms with van der Waals surface area (Å²) in [7, 11) is 2.53. The number of ether oxygens (including phenoxy) is 2. The largest absolute Gasteiger partial charge is 0.469 e. The van der Waals surface area contributed by atoms with E-state index in [4.69, 9.17) is 0 Å². The Morgan fingerprint density at radius 2 is 2.00 bits per heavy atom. The zero-order valence-corrected chi connectivity index (χ0v) is 10.2. The van der Waals surface area contributed by atoms with Crippen LogP contribution >= 0.6 is 0 Å². The van der Waals surface area contributed by atoms with Gasteiger partial charge in [0.1, 0.15) is 5.78 Å². The van der Waals surface area contributed by atoms with E-state index >= 15 is 0 Å². The lowest BCUT2D eigenvalue weighted by Gasteiger charge is -2.26. The van der Waals surface area contributed by atoms with Gasteiger partial charge in [0, 0.05) is 12.3 Å². The van der Waals surface area contributed by atoms with Crippen molar-refractivity contribution in [1.29, 1.82) is 0 Å². The minimum absolute atomic E-state index is 0.0514. The first-order valence-electron chi connectivity index (χ1n) is 5.77. The van der Waals surface area contributed by atoms with Gasteiger partial charge in [-0.3, -0.25) is 14.4 Å². The van der Waals surface area contributed by atoms with Gasteiger partial charge in [0.25, 0.3) is 0 Å². The van der Waals surface area contributed by atoms with Crippen LogP contribution in [0.15, 0.2) is 0 Å². The van der Waals surface area contributed by atoms with Gasteiger partial charge in [-0.25, -0.2) is 0 Å². The number of Topliss-reactive ketones (excluding diaryl/α,β-unsaturated/α-hetero) is 1. The summed E-state index contributed by atoms with van der Waals surface area (Å²) >= 11 is 0. The van der Waals surface area contributed by atoms with Crippen LogP contribution in [0.4, 0.5) is 0 Å². The molecule has 5 nitrogen and oxygen atoms in total. The van der Waals surface area contributed by atoms with Crippen molar-refractivity contribution in [2.75, 3.05) is 14.2 Å². The van der Waals surface area contributed by atoms with Crippen LogP contribution in [-0.2, 0) is 23.9 Å². The number of carbonyl (C=O) groups excluding carboxylic acids is 3. The lowest BCUT2D eigenvalue weighted by Crippen LogP contribution is -2.34. The SMILES string of the molecule is COC(=O)CC(C(=O)OC)C1CCCCC1=O. The Kier molecular flexibility index (Phi) is 5.12. The summed E-state index contributed by atoms with van der Waals surface area (Å²) < 4.78 is 9.20. The number of esters is 2. The number of rotatable bonds is 4. The average molecular weight is 242 g/mol. The highest BCUT2D eigenvalue weighted by Gasteiger charge is 2.37. The van der Waals surface area contributed by atoms with Crippen LogP contribution in [-0.4, -0.2) is 31.9 Å². The fraction of sp³-hybridized carbons (Fsp3) is 0.750. The number of ketones is 1. The molecule has 0 radical (unpaired) electrons. The van der Waals surface area contributed by atoms with E-state index in [0.717, 1.165) is 12.8 Å². The minimum atomic E-state index is -0.694. The summed E-state index contributed by atoms with van der Waals surface area (Å²) in [4.78, 5) is 34.6. The molecule has 17 heavy (non-hydrogen) atoms. The molecule has 5 heteroatoms. The Labute approximate surface area is 100 Å². The average Bonchev–Trinajstić information content (AvgIpc) is 2.35. The summed E-state index contributed by atoms with van der Waals surface area (Å²) in [6.45, 7) is 0. The molecule has 0 saturated heterocycles. The van der Waals surface area contributed by atoms with E-state index in [2.05, 4.69) is 9.47 Å². The van der Waals surface area contributed by atoms with Crippen molar-refractivity contribution < 1.29 is 23.9 Å². The molecule has 0 aromatic carbocycles. The van der Waals surface area contributed by atoms with Gasteiger partial charge in [-0.1, -0.05) is 6.42 Å². The van der Waals surface area contributed by atoms with Gasteiger partial charge in [0.15, 0.2) is 0 Å². The van der Waals surface area contributed by atoms with Crippen molar-refractivity contribution in [3.05, 3.63) is 0 Å². The smallest absolute Gasteiger partial charge is 0.309 e. The molecule has 0 N–H and O–H groups in total. The topological polar surface area (TPSA) is 69.7 Å². The van der Waals surface area contributed by atoms with E-state index in [1.54, 1.807) is 0 Å². The highest BCUT2D eigenvalue weighted by atomic mass is 16.5. The fourth-order valence-corrected chi connectivity index (χ4v) is 2.24. The Morgan fingerprint density at radius 1 is 1.29 bits per heavy atom. The molecule has 0 amide bonds. The molecule has 2 atom stereocenters. The van der Waals surface area contributed by atoms with Crippen molar-refractivity contribution >= 4 is 17.7 Å². The number of carbonyl (C=O) groups is 3. The van der Waals surface area contributed by atoms with E-state index in [0.29, 0.717) is 12.8 Å². The van der Waals surface area contributed by atoms with Crippen LogP contribution in [0.5, 0.6) is 0 Å². The second-order valence-corrected chi connectivity index (χ2v) is 4.23. The number of hydrogen-bond donors (Lipinski definition) is 0. The molecule has 1 fully saturated rings. The molecule has 1 saturated carbocycles. The van der Waals surface area contributed by atoms with Crippen LogP contribution in [0.2, 0.25) is 0 Å². The molecular weight excluding hydrogens is 224 g/mol. The standard InChI is InChI=1S/C12H18O5/c1-16-11(14)7-9(12(15)17-2)8-5-3-4-6-10(8)13/h8-9H,3-7H2,1-2H3. The van der Waals surface area contributed by atoms with Crippen molar-refractivity contribution in [2.24, 2.45) is 11.8 Å². The third-order valence-corrected chi connectivity index (χ3v) is 3.21. The summed E-state index contributed by atoms with van der Waals surface area (Å²) in [5.74, 6) is -2.03. The zero-order chi connectivity index (χ0) is 12.8. The second kappa shape index (κ2) is 6.37. The molecular formula is C12H18O5. The molecule has 0 aromatic heterocycles. The number of hydrogen-bond acceptors (Lipinski definition) is 5. The molecule has 1 aliphatic carbocycles. The third-order valence-electron chi connectivity index (χ3n) is 3.21. The lowest BCUT2D eigenvalue weighted by molar-refractivity contribution is -0.156. The summed E-state index contributed by atoms with van der Waals surface area (Å²) in [5, 5.41) is 0. The van der Waals surface area contributed by atoms with Crippen LogP contribution in [0.25, 0.3) is 0 Å². The highest BCUT2D eigenvalue weighted by molar-refractivity contribution is 5.89. The van der Waals surface area contributed by atoms with Crippen molar-refractivity contribution in [1.82, 2.24) is 0 Å². The zero-order valence-electron chi connectivity index (χ0n) is 10.2. The number of methoxy groups -OCH3 is 2. The van der Waals surface area contributed by atoms with Gasteiger partial charge < -0.3 is 9.47 Å². The Morgan fingerprint density at radius 3 is 2.53 bits per heavy atom. The summed E-state index contributed by atoms with van der Waals surface area (Å²) in [5.41, 5.74) is 0. The maximum absolute atomic E-state index is 11.8. The van der Waals surface area contributed by atoms with E-state index < -0.39 is 23.8 Å². The van der Waals surface area contributed by atoms with E-state index in [9.17, 15) is 14.4 Å². The van der Waals surface area contributed by atoms with Crippen LogP contribution < -0.4 is 0 Å². The molecule has 1 rings (SSSR count). The first-order valence-corrected chi connectivity index (χ1v) is 5.77. The van der Waals surface area contributed by atoms with E-state index in [1.165, 1.54) is 14.2 Å². The Bertz CT molecular complexity index is 310. The first kappa shape index (κ1) is 13.7. The van der Waals surface area contributed by atoms with Gasteiger partial charge in [-0.15, -0.1) is 0 Å². The summed E-state index contributed by atoms with van der Waals surface area (Å²) in [6.07, 6.45) is 2.82. The van der Waals surface area contributed by atoms with Gasteiger partial charge in [0.05, 0.1) is 26.6 Å². The second-order valence-electron chi connectivity index (χ2n) is 4.23. The van der Waals surface area contributed by atoms with Crippen molar-refractivity contribution in [2.45, 2.75) is 32.1 Å². The maximum Gasteiger partial charge on any atom is 0.309 e. The molecule has 0 spiro atoms. The molecule has 2 unspecified atom stereocenters. The quantitative estimate of drug-likeness (QED) is 0.690. The monoisotopic (exact) mass is 242 g/mol. The lowest BCUT2D eigenvalue weighted by atomic mass is 9.77.